The summed E-state index contributed by atoms with van der Waals surface area (Å²) in [5, 5.41) is 18.9. The number of fused-ring (bicyclic) bond motifs is 2. The first kappa shape index (κ1) is 31.7. The third-order valence-electron chi connectivity index (χ3n) is 9.05. The number of allylic oxidation sites excluding steroid dienone is 1. The number of piperazine rings is 1. The van der Waals surface area contributed by atoms with E-state index < -0.39 is 0 Å². The summed E-state index contributed by atoms with van der Waals surface area (Å²) < 4.78 is 6.29. The van der Waals surface area contributed by atoms with Gasteiger partial charge in [-0.2, -0.15) is 15.2 Å². The molecule has 2 aromatic carbocycles. The number of carbonyl (C=O) groups excluding carboxylic acids is 1. The summed E-state index contributed by atoms with van der Waals surface area (Å²) in [6.07, 6.45) is 7.76. The molecule has 0 bridgehead atoms. The number of nitrogens with zero attached hydrogens (tertiary/aromatic N) is 6. The van der Waals surface area contributed by atoms with Crippen LogP contribution in [0.3, 0.4) is 0 Å². The Morgan fingerprint density at radius 3 is 2.64 bits per heavy atom. The standard InChI is InChI=1S/C34H38N6O2.CH2O2/c1-4-31(41)40-19-18-39(21-26(40)15-16-35)33-29-14-13-25(28-12-6-10-24-9-5-8-23(2)32(24)28)20-30(29)36-34(37-33)42-22-27-11-7-17-38(27)3;2-1-3/h4-6,8-10,12,20,26-27H,1,7,11,13-15,17-19,21-22H2,2-3H3;1H,(H,2,3). The van der Waals surface area contributed by atoms with E-state index in [9.17, 15) is 10.1 Å². The number of aromatic nitrogens is 2. The third kappa shape index (κ3) is 6.84. The summed E-state index contributed by atoms with van der Waals surface area (Å²) in [6, 6.07) is 15.7. The first-order valence-corrected chi connectivity index (χ1v) is 15.4. The van der Waals surface area contributed by atoms with Gasteiger partial charge in [0.15, 0.2) is 0 Å². The number of likely N-dealkylation sites (N-methyl/N-ethyl adjacent to an activating group) is 1. The second-order valence-corrected chi connectivity index (χ2v) is 11.7. The van der Waals surface area contributed by atoms with Crippen LogP contribution in [-0.4, -0.2) is 89.2 Å². The zero-order chi connectivity index (χ0) is 31.9. The molecule has 10 nitrogen and oxygen atoms in total. The molecule has 2 fully saturated rings. The minimum atomic E-state index is -0.250. The Kier molecular flexibility index (Phi) is 10.1. The molecule has 234 valence electrons. The van der Waals surface area contributed by atoms with E-state index in [0.29, 0.717) is 38.3 Å². The van der Waals surface area contributed by atoms with Crippen LogP contribution < -0.4 is 9.64 Å². The molecule has 2 aliphatic heterocycles. The van der Waals surface area contributed by atoms with Crippen molar-refractivity contribution in [2.75, 3.05) is 44.7 Å². The van der Waals surface area contributed by atoms with E-state index in [1.54, 1.807) is 4.90 Å². The van der Waals surface area contributed by atoms with E-state index in [2.05, 4.69) is 78.9 Å². The molecule has 2 atom stereocenters. The van der Waals surface area contributed by atoms with Gasteiger partial charge in [0, 0.05) is 31.2 Å². The highest BCUT2D eigenvalue weighted by Crippen LogP contribution is 2.38. The van der Waals surface area contributed by atoms with Gasteiger partial charge in [0.2, 0.25) is 5.91 Å². The highest BCUT2D eigenvalue weighted by atomic mass is 16.5. The minimum Gasteiger partial charge on any atom is -0.483 e. The molecule has 2 unspecified atom stereocenters. The molecular formula is C35H40N6O4. The molecule has 6 rings (SSSR count). The summed E-state index contributed by atoms with van der Waals surface area (Å²) in [7, 11) is 2.14. The Morgan fingerprint density at radius 1 is 1.16 bits per heavy atom. The van der Waals surface area contributed by atoms with Crippen LogP contribution in [0.25, 0.3) is 22.4 Å². The topological polar surface area (TPSA) is 123 Å². The van der Waals surface area contributed by atoms with Gasteiger partial charge in [-0.1, -0.05) is 43.0 Å². The van der Waals surface area contributed by atoms with Gasteiger partial charge in [-0.15, -0.1) is 0 Å². The van der Waals surface area contributed by atoms with Gasteiger partial charge >= 0.3 is 6.01 Å². The number of aryl methyl sites for hydroxylation is 1. The van der Waals surface area contributed by atoms with Crippen molar-refractivity contribution in [3.63, 3.8) is 0 Å². The maximum absolute atomic E-state index is 12.5. The van der Waals surface area contributed by atoms with Gasteiger partial charge in [-0.25, -0.2) is 0 Å². The van der Waals surface area contributed by atoms with Gasteiger partial charge in [0.25, 0.3) is 6.47 Å². The van der Waals surface area contributed by atoms with Crippen LogP contribution in [0.5, 0.6) is 6.01 Å². The average Bonchev–Trinajstić information content (AvgIpc) is 3.47. The molecule has 10 heteroatoms. The van der Waals surface area contributed by atoms with E-state index in [4.69, 9.17) is 24.6 Å². The van der Waals surface area contributed by atoms with Crippen molar-refractivity contribution >= 4 is 40.6 Å². The number of ether oxygens (including phenoxy) is 1. The highest BCUT2D eigenvalue weighted by molar-refractivity contribution is 6.00. The van der Waals surface area contributed by atoms with Crippen molar-refractivity contribution in [1.29, 1.82) is 5.26 Å². The van der Waals surface area contributed by atoms with Crippen molar-refractivity contribution < 1.29 is 19.4 Å². The number of hydrogen-bond donors (Lipinski definition) is 1. The zero-order valence-electron chi connectivity index (χ0n) is 26.0. The van der Waals surface area contributed by atoms with Crippen LogP contribution in [0, 0.1) is 18.3 Å². The second-order valence-electron chi connectivity index (χ2n) is 11.7. The first-order chi connectivity index (χ1) is 21.9. The van der Waals surface area contributed by atoms with E-state index in [1.807, 2.05) is 0 Å². The van der Waals surface area contributed by atoms with Crippen LogP contribution in [0.2, 0.25) is 0 Å². The van der Waals surface area contributed by atoms with Gasteiger partial charge in [-0.3, -0.25) is 9.59 Å². The SMILES string of the molecule is C=CC(=O)N1CCN(c2nc(OCC3CCCN3C)nc3c2CCC(c2cccc4cccc(C)c24)=C3)CC1CC#N.O=CO. The highest BCUT2D eigenvalue weighted by Gasteiger charge is 2.33. The third-order valence-corrected chi connectivity index (χ3v) is 9.05. The van der Waals surface area contributed by atoms with E-state index >= 15 is 0 Å². The maximum Gasteiger partial charge on any atom is 0.318 e. The lowest BCUT2D eigenvalue weighted by Gasteiger charge is -2.41. The molecule has 0 saturated carbocycles. The van der Waals surface area contributed by atoms with Crippen LogP contribution >= 0.6 is 0 Å². The fourth-order valence-corrected chi connectivity index (χ4v) is 6.75. The molecule has 3 aliphatic rings. The maximum atomic E-state index is 12.5. The Balaban J connectivity index is 0.00000128. The van der Waals surface area contributed by atoms with Crippen molar-refractivity contribution in [3.8, 4) is 12.1 Å². The fourth-order valence-electron chi connectivity index (χ4n) is 6.75. The lowest BCUT2D eigenvalue weighted by atomic mass is 9.87. The number of hydrogen-bond acceptors (Lipinski definition) is 8. The van der Waals surface area contributed by atoms with Crippen molar-refractivity contribution in [2.45, 2.75) is 51.1 Å². The van der Waals surface area contributed by atoms with E-state index in [1.165, 1.54) is 40.0 Å². The molecule has 1 aromatic heterocycles. The van der Waals surface area contributed by atoms with Gasteiger partial charge in [0.05, 0.1) is 24.2 Å². The quantitative estimate of drug-likeness (QED) is 0.300. The molecule has 3 heterocycles. The predicted molar refractivity (Wildman–Crippen MR) is 175 cm³/mol. The number of benzene rings is 2. The second kappa shape index (κ2) is 14.4. The number of carbonyl (C=O) groups is 2. The summed E-state index contributed by atoms with van der Waals surface area (Å²) >= 11 is 0. The van der Waals surface area contributed by atoms with Gasteiger partial charge in [0.1, 0.15) is 12.4 Å². The normalized spacial score (nSPS) is 19.5. The smallest absolute Gasteiger partial charge is 0.318 e. The van der Waals surface area contributed by atoms with Crippen molar-refractivity contribution in [2.24, 2.45) is 0 Å². The summed E-state index contributed by atoms with van der Waals surface area (Å²) in [4.78, 5) is 37.1. The number of nitriles is 1. The molecule has 2 saturated heterocycles. The summed E-state index contributed by atoms with van der Waals surface area (Å²) in [5.74, 6) is 0.718. The van der Waals surface area contributed by atoms with Crippen LogP contribution in [0.15, 0.2) is 49.1 Å². The van der Waals surface area contributed by atoms with Crippen LogP contribution in [-0.2, 0) is 16.0 Å². The summed E-state index contributed by atoms with van der Waals surface area (Å²) in [5.41, 5.74) is 5.76. The van der Waals surface area contributed by atoms with Gasteiger partial charge < -0.3 is 24.5 Å². The minimum absolute atomic E-state index is 0.137. The van der Waals surface area contributed by atoms with Crippen molar-refractivity contribution in [1.82, 2.24) is 19.8 Å². The Morgan fingerprint density at radius 2 is 1.93 bits per heavy atom. The molecule has 45 heavy (non-hydrogen) atoms. The number of rotatable bonds is 7. The Bertz CT molecular complexity index is 1640. The number of amides is 1. The molecule has 1 aliphatic carbocycles. The van der Waals surface area contributed by atoms with Crippen LogP contribution in [0.4, 0.5) is 5.82 Å². The largest absolute Gasteiger partial charge is 0.483 e. The van der Waals surface area contributed by atoms with E-state index in [0.717, 1.165) is 42.9 Å². The molecule has 0 radical (unpaired) electrons. The van der Waals surface area contributed by atoms with E-state index in [-0.39, 0.29) is 24.8 Å². The number of carboxylic acid groups (broad SMARTS) is 1. The zero-order valence-corrected chi connectivity index (χ0v) is 26.0. The number of anilines is 1. The molecule has 0 spiro atoms. The predicted octanol–water partition coefficient (Wildman–Crippen LogP) is 4.72. The van der Waals surface area contributed by atoms with Crippen molar-refractivity contribution in [3.05, 3.63) is 71.4 Å². The van der Waals surface area contributed by atoms with Gasteiger partial charge in [-0.05, 0) is 85.8 Å². The first-order valence-electron chi connectivity index (χ1n) is 15.4. The molecule has 1 amide bonds. The Labute approximate surface area is 264 Å². The molecular weight excluding hydrogens is 568 g/mol. The lowest BCUT2D eigenvalue weighted by molar-refractivity contribution is -0.128. The monoisotopic (exact) mass is 608 g/mol. The number of likely N-dealkylation sites (tertiary alicyclic amines) is 1. The fraction of sp³-hybridized carbons (Fsp3) is 0.400. The molecule has 1 N–H and O–H groups in total. The molecule has 3 aromatic rings. The lowest BCUT2D eigenvalue weighted by Crippen LogP contribution is -2.55. The average molecular weight is 609 g/mol. The van der Waals surface area contributed by atoms with Crippen LogP contribution in [0.1, 0.15) is 48.1 Å². The summed E-state index contributed by atoms with van der Waals surface area (Å²) in [6.45, 7) is 8.86. The Hall–Kier alpha value is -4.75.